The number of methoxy groups -OCH3 is 2. The second-order valence-corrected chi connectivity index (χ2v) is 13.9. The van der Waals surface area contributed by atoms with Gasteiger partial charge in [0.2, 0.25) is 0 Å². The molecule has 2 aromatic rings. The minimum atomic E-state index is -0.235. The van der Waals surface area contributed by atoms with Crippen molar-refractivity contribution in [2.24, 2.45) is 0 Å². The third-order valence-electron chi connectivity index (χ3n) is 10.4. The first-order chi connectivity index (χ1) is 26.4. The van der Waals surface area contributed by atoms with Crippen LogP contribution in [0.25, 0.3) is 0 Å². The van der Waals surface area contributed by atoms with Crippen LogP contribution in [0.5, 0.6) is 5.75 Å². The van der Waals surface area contributed by atoms with Crippen molar-refractivity contribution in [1.82, 2.24) is 14.7 Å². The molecule has 13 nitrogen and oxygen atoms in total. The fourth-order valence-electron chi connectivity index (χ4n) is 7.31. The molecule has 1 aliphatic carbocycles. The summed E-state index contributed by atoms with van der Waals surface area (Å²) in [6, 6.07) is 18.9. The van der Waals surface area contributed by atoms with Crippen LogP contribution in [0.2, 0.25) is 0 Å². The SMILES string of the molecule is COCCOCCOCCOCCOCCOCCOCCOCCN1C(=O)N(Cc2ccc(OC)cc2)CC12CCC(c1ccccc1)(N(C)C)CC2. The molecule has 0 bridgehead atoms. The molecular weight excluding hydrogens is 694 g/mol. The van der Waals surface area contributed by atoms with Gasteiger partial charge in [-0.15, -0.1) is 0 Å². The molecule has 1 heterocycles. The van der Waals surface area contributed by atoms with Gasteiger partial charge in [0.25, 0.3) is 0 Å². The first-order valence-electron chi connectivity index (χ1n) is 19.4. The Hall–Kier alpha value is -2.85. The molecule has 4 rings (SSSR count). The number of nitrogens with zero attached hydrogens (tertiary/aromatic N) is 3. The molecule has 2 aliphatic rings. The van der Waals surface area contributed by atoms with E-state index in [0.717, 1.165) is 37.0 Å². The number of amides is 2. The second kappa shape index (κ2) is 24.6. The summed E-state index contributed by atoms with van der Waals surface area (Å²) in [6.07, 6.45) is 3.81. The van der Waals surface area contributed by atoms with E-state index in [9.17, 15) is 4.79 Å². The van der Waals surface area contributed by atoms with Gasteiger partial charge in [0.1, 0.15) is 5.75 Å². The van der Waals surface area contributed by atoms with Gasteiger partial charge in [0.05, 0.1) is 112 Å². The first-order valence-corrected chi connectivity index (χ1v) is 19.4. The molecule has 54 heavy (non-hydrogen) atoms. The monoisotopic (exact) mass is 759 g/mol. The van der Waals surface area contributed by atoms with Crippen molar-refractivity contribution in [3.05, 3.63) is 65.7 Å². The second-order valence-electron chi connectivity index (χ2n) is 13.9. The average Bonchev–Trinajstić information content (AvgIpc) is 3.44. The largest absolute Gasteiger partial charge is 0.497 e. The molecule has 1 spiro atoms. The van der Waals surface area contributed by atoms with Crippen LogP contribution in [0.3, 0.4) is 0 Å². The highest BCUT2D eigenvalue weighted by molar-refractivity contribution is 5.78. The number of ether oxygens (including phenoxy) is 9. The van der Waals surface area contributed by atoms with Crippen LogP contribution in [0.1, 0.15) is 36.8 Å². The van der Waals surface area contributed by atoms with Crippen LogP contribution < -0.4 is 4.74 Å². The highest BCUT2D eigenvalue weighted by Crippen LogP contribution is 2.49. The highest BCUT2D eigenvalue weighted by Gasteiger charge is 2.54. The van der Waals surface area contributed by atoms with Crippen LogP contribution in [0.4, 0.5) is 4.79 Å². The van der Waals surface area contributed by atoms with Crippen molar-refractivity contribution in [1.29, 1.82) is 0 Å². The number of rotatable bonds is 29. The number of benzene rings is 2. The Morgan fingerprint density at radius 3 is 1.50 bits per heavy atom. The minimum absolute atomic E-state index is 0.0544. The van der Waals surface area contributed by atoms with Gasteiger partial charge < -0.3 is 52.4 Å². The fourth-order valence-corrected chi connectivity index (χ4v) is 7.31. The molecule has 2 fully saturated rings. The summed E-state index contributed by atoms with van der Waals surface area (Å²) >= 11 is 0. The van der Waals surface area contributed by atoms with Crippen LogP contribution in [-0.2, 0) is 50.0 Å². The van der Waals surface area contributed by atoms with E-state index >= 15 is 0 Å². The maximum atomic E-state index is 14.0. The smallest absolute Gasteiger partial charge is 0.320 e. The van der Waals surface area contributed by atoms with E-state index in [1.54, 1.807) is 14.2 Å². The molecule has 13 heteroatoms. The van der Waals surface area contributed by atoms with Gasteiger partial charge in [-0.3, -0.25) is 4.90 Å². The molecule has 0 unspecified atom stereocenters. The van der Waals surface area contributed by atoms with E-state index in [-0.39, 0.29) is 17.1 Å². The third kappa shape index (κ3) is 13.7. The highest BCUT2D eigenvalue weighted by atomic mass is 16.6. The lowest BCUT2D eigenvalue weighted by molar-refractivity contribution is -0.0235. The minimum Gasteiger partial charge on any atom is -0.497 e. The zero-order valence-electron chi connectivity index (χ0n) is 33.2. The Morgan fingerprint density at radius 1 is 0.593 bits per heavy atom. The standard InChI is InChI=1S/C41H65N3O10/c1-42(2)41(37-8-6-5-7-9-37)16-14-40(15-17-41)35-43(34-36-10-12-38(47-4)13-11-36)39(45)44(40)18-19-48-22-23-50-26-27-52-30-31-54-33-32-53-29-28-51-25-24-49-21-20-46-3/h5-13H,14-35H2,1-4H3. The zero-order chi connectivity index (χ0) is 38.3. The third-order valence-corrected chi connectivity index (χ3v) is 10.4. The summed E-state index contributed by atoms with van der Waals surface area (Å²) in [5.41, 5.74) is 2.14. The van der Waals surface area contributed by atoms with E-state index in [1.807, 2.05) is 29.2 Å². The van der Waals surface area contributed by atoms with Crippen molar-refractivity contribution >= 4 is 6.03 Å². The average molecular weight is 760 g/mol. The Labute approximate surface area is 323 Å². The summed E-state index contributed by atoms with van der Waals surface area (Å²) < 4.78 is 49.4. The Kier molecular flexibility index (Phi) is 20.0. The van der Waals surface area contributed by atoms with E-state index < -0.39 is 0 Å². The molecule has 1 aliphatic heterocycles. The van der Waals surface area contributed by atoms with Gasteiger partial charge in [0, 0.05) is 32.3 Å². The predicted molar refractivity (Wildman–Crippen MR) is 206 cm³/mol. The Morgan fingerprint density at radius 2 is 1.06 bits per heavy atom. The van der Waals surface area contributed by atoms with E-state index in [1.165, 1.54) is 5.56 Å². The van der Waals surface area contributed by atoms with Crippen LogP contribution in [0.15, 0.2) is 54.6 Å². The molecule has 0 N–H and O–H groups in total. The Bertz CT molecular complexity index is 1280. The molecule has 2 amide bonds. The van der Waals surface area contributed by atoms with Gasteiger partial charge >= 0.3 is 6.03 Å². The van der Waals surface area contributed by atoms with Crippen molar-refractivity contribution < 1.29 is 47.4 Å². The maximum Gasteiger partial charge on any atom is 0.320 e. The van der Waals surface area contributed by atoms with Crippen molar-refractivity contribution in [3.63, 3.8) is 0 Å². The number of hydrogen-bond acceptors (Lipinski definition) is 11. The van der Waals surface area contributed by atoms with E-state index in [4.69, 9.17) is 42.6 Å². The fraction of sp³-hybridized carbons (Fsp3) is 0.683. The molecule has 0 aromatic heterocycles. The van der Waals surface area contributed by atoms with Crippen molar-refractivity contribution in [2.75, 3.05) is 141 Å². The lowest BCUT2D eigenvalue weighted by Gasteiger charge is -2.51. The van der Waals surface area contributed by atoms with Crippen molar-refractivity contribution in [2.45, 2.75) is 43.3 Å². The van der Waals surface area contributed by atoms with Gasteiger partial charge in [-0.05, 0) is 63.0 Å². The van der Waals surface area contributed by atoms with Gasteiger partial charge in [-0.25, -0.2) is 4.79 Å². The van der Waals surface area contributed by atoms with Gasteiger partial charge in [-0.2, -0.15) is 0 Å². The van der Waals surface area contributed by atoms with Crippen LogP contribution >= 0.6 is 0 Å². The van der Waals surface area contributed by atoms with Gasteiger partial charge in [-0.1, -0.05) is 42.5 Å². The molecule has 0 atom stereocenters. The zero-order valence-corrected chi connectivity index (χ0v) is 33.2. The quantitative estimate of drug-likeness (QED) is 0.110. The Balaban J connectivity index is 1.10. The van der Waals surface area contributed by atoms with Gasteiger partial charge in [0.15, 0.2) is 0 Å². The number of carbonyl (C=O) groups is 1. The lowest BCUT2D eigenvalue weighted by atomic mass is 9.68. The molecular formula is C41H65N3O10. The number of urea groups is 1. The van der Waals surface area contributed by atoms with E-state index in [2.05, 4.69) is 54.2 Å². The molecule has 1 saturated carbocycles. The van der Waals surface area contributed by atoms with Crippen molar-refractivity contribution in [3.8, 4) is 5.75 Å². The first kappa shape index (κ1) is 43.9. The van der Waals surface area contributed by atoms with Crippen LogP contribution in [-0.4, -0.2) is 167 Å². The number of carbonyl (C=O) groups excluding carboxylic acids is 1. The molecule has 304 valence electrons. The predicted octanol–water partition coefficient (Wildman–Crippen LogP) is 4.47. The summed E-state index contributed by atoms with van der Waals surface area (Å²) in [5, 5.41) is 0. The van der Waals surface area contributed by atoms with E-state index in [0.29, 0.717) is 119 Å². The molecule has 0 radical (unpaired) electrons. The summed E-state index contributed by atoms with van der Waals surface area (Å²) in [6.45, 7) is 9.48. The number of hydrogen-bond donors (Lipinski definition) is 0. The maximum absolute atomic E-state index is 14.0. The lowest BCUT2D eigenvalue weighted by Crippen LogP contribution is -2.56. The normalized spacial score (nSPS) is 20.1. The molecule has 2 aromatic carbocycles. The summed E-state index contributed by atoms with van der Waals surface area (Å²) in [7, 11) is 7.67. The summed E-state index contributed by atoms with van der Waals surface area (Å²) in [4.78, 5) is 20.5. The van der Waals surface area contributed by atoms with Crippen LogP contribution in [0, 0.1) is 0 Å². The topological polar surface area (TPSA) is 110 Å². The molecule has 1 saturated heterocycles. The summed E-state index contributed by atoms with van der Waals surface area (Å²) in [5.74, 6) is 0.810.